The van der Waals surface area contributed by atoms with E-state index in [2.05, 4.69) is 57.7 Å². The summed E-state index contributed by atoms with van der Waals surface area (Å²) in [6, 6.07) is 16.8. The lowest BCUT2D eigenvalue weighted by Crippen LogP contribution is -2.52. The van der Waals surface area contributed by atoms with Gasteiger partial charge in [-0.1, -0.05) is 69.6 Å². The lowest BCUT2D eigenvalue weighted by molar-refractivity contribution is -0.140. The number of nitrogens with zero attached hydrogens (tertiary/aromatic N) is 5. The van der Waals surface area contributed by atoms with Gasteiger partial charge < -0.3 is 34.9 Å². The molecule has 2 aliphatic carbocycles. The first-order valence-electron chi connectivity index (χ1n) is 20.5. The van der Waals surface area contributed by atoms with Crippen molar-refractivity contribution >= 4 is 57.4 Å². The smallest absolute Gasteiger partial charge is 0.407 e. The number of likely N-dealkylation sites (N-methyl/N-ethyl adjacent to an activating group) is 1. The minimum absolute atomic E-state index is 0.113. The van der Waals surface area contributed by atoms with Crippen LogP contribution in [0.4, 0.5) is 9.59 Å². The number of carbonyl (C=O) groups excluding carboxylic acids is 3. The molecule has 59 heavy (non-hydrogen) atoms. The normalized spacial score (nSPS) is 24.0. The van der Waals surface area contributed by atoms with E-state index in [4.69, 9.17) is 26.3 Å². The minimum atomic E-state index is -1.12. The fourth-order valence-electron chi connectivity index (χ4n) is 9.72. The van der Waals surface area contributed by atoms with Crippen LogP contribution in [-0.2, 0) is 14.3 Å². The van der Waals surface area contributed by atoms with Gasteiger partial charge in [0.25, 0.3) is 0 Å². The minimum Gasteiger partial charge on any atom is -0.465 e. The predicted molar refractivity (Wildman–Crippen MR) is 222 cm³/mol. The van der Waals surface area contributed by atoms with E-state index in [9.17, 15) is 24.3 Å². The molecule has 4 amide bonds. The second kappa shape index (κ2) is 14.6. The molecule has 4 N–H and O–H groups in total. The number of nitrogens with one attached hydrogen (secondary N) is 3. The fraction of sp³-hybridized carbons (Fsp3) is 0.455. The third kappa shape index (κ3) is 6.84. The summed E-state index contributed by atoms with van der Waals surface area (Å²) in [5.74, 6) is 1.54. The summed E-state index contributed by atoms with van der Waals surface area (Å²) in [4.78, 5) is 73.4. The number of hydrogen-bond donors (Lipinski definition) is 4. The summed E-state index contributed by atoms with van der Waals surface area (Å²) in [6.45, 7) is 7.57. The number of imidazole rings is 2. The van der Waals surface area contributed by atoms with Crippen molar-refractivity contribution in [1.82, 2.24) is 40.0 Å². The second-order valence-corrected chi connectivity index (χ2v) is 17.9. The molecule has 5 aromatic rings. The number of hydrogen-bond acceptors (Lipinski definition) is 7. The average molecular weight is 821 g/mol. The highest BCUT2D eigenvalue weighted by Gasteiger charge is 2.58. The Morgan fingerprint density at radius 2 is 1.37 bits per heavy atom. The Labute approximate surface area is 346 Å². The lowest BCUT2D eigenvalue weighted by atomic mass is 9.99. The summed E-state index contributed by atoms with van der Waals surface area (Å²) in [7, 11) is 2.76. The number of halogens is 1. The lowest BCUT2D eigenvalue weighted by Gasteiger charge is -2.35. The number of H-pyrrole nitrogens is 2. The fourth-order valence-corrected chi connectivity index (χ4v) is 9.97. The van der Waals surface area contributed by atoms with E-state index in [-0.39, 0.29) is 47.8 Å². The summed E-state index contributed by atoms with van der Waals surface area (Å²) in [5.41, 5.74) is 5.18. The van der Waals surface area contributed by atoms with E-state index in [1.54, 1.807) is 0 Å². The third-order valence-electron chi connectivity index (χ3n) is 13.0. The molecule has 2 saturated carbocycles. The second-order valence-electron chi connectivity index (χ2n) is 17.5. The SMILES string of the molecule is COC(=O)N[C@H](C(=O)N1[C@@H]2C[C@@H]2C[C@H]1c1nc(-c2ccc3cc(-c4ccc5nc([C@@H]6C[C@H]7C[C@H]7N6C(=O)[C@H](C(C)C)N(C)C(=O)O)[nH]c5c4)ccc3c2)c(Cl)[nH]1)C(C)C. The van der Waals surface area contributed by atoms with Crippen LogP contribution in [0, 0.1) is 23.7 Å². The summed E-state index contributed by atoms with van der Waals surface area (Å²) < 4.78 is 4.80. The number of carboxylic acid groups (broad SMARTS) is 1. The number of ether oxygens (including phenoxy) is 1. The molecule has 9 rings (SSSR count). The van der Waals surface area contributed by atoms with Crippen LogP contribution in [0.2, 0.25) is 5.15 Å². The van der Waals surface area contributed by atoms with E-state index in [0.29, 0.717) is 28.5 Å². The molecule has 4 fully saturated rings. The van der Waals surface area contributed by atoms with Gasteiger partial charge in [0.2, 0.25) is 11.8 Å². The van der Waals surface area contributed by atoms with Crippen LogP contribution in [0.5, 0.6) is 0 Å². The molecule has 0 radical (unpaired) electrons. The first-order valence-corrected chi connectivity index (χ1v) is 20.8. The topological polar surface area (TPSA) is 177 Å². The van der Waals surface area contributed by atoms with Gasteiger partial charge in [0.1, 0.15) is 34.6 Å². The highest BCUT2D eigenvalue weighted by atomic mass is 35.5. The van der Waals surface area contributed by atoms with Gasteiger partial charge in [0, 0.05) is 24.7 Å². The van der Waals surface area contributed by atoms with Crippen LogP contribution >= 0.6 is 11.6 Å². The zero-order valence-corrected chi connectivity index (χ0v) is 34.7. The average Bonchev–Trinajstić information content (AvgIpc) is 3.89. The molecular formula is C44H49ClN8O6. The van der Waals surface area contributed by atoms with Crippen molar-refractivity contribution in [1.29, 1.82) is 0 Å². The van der Waals surface area contributed by atoms with E-state index in [1.807, 2.05) is 49.6 Å². The maximum absolute atomic E-state index is 13.9. The Kier molecular flexibility index (Phi) is 9.60. The molecule has 4 aliphatic rings. The maximum Gasteiger partial charge on any atom is 0.407 e. The van der Waals surface area contributed by atoms with Crippen molar-refractivity contribution < 1.29 is 29.0 Å². The molecule has 15 heteroatoms. The number of aromatic nitrogens is 4. The molecule has 0 spiro atoms. The van der Waals surface area contributed by atoms with Crippen molar-refractivity contribution in [2.24, 2.45) is 23.7 Å². The summed E-state index contributed by atoms with van der Waals surface area (Å²) in [5, 5.41) is 14.9. The summed E-state index contributed by atoms with van der Waals surface area (Å²) in [6.07, 6.45) is 1.70. The molecule has 0 unspecified atom stereocenters. The number of rotatable bonds is 10. The highest BCUT2D eigenvalue weighted by Crippen LogP contribution is 2.55. The highest BCUT2D eigenvalue weighted by molar-refractivity contribution is 6.32. The van der Waals surface area contributed by atoms with Crippen LogP contribution in [0.25, 0.3) is 44.2 Å². The molecule has 2 aromatic heterocycles. The number of methoxy groups -OCH3 is 1. The molecule has 4 heterocycles. The number of amides is 4. The molecule has 2 saturated heterocycles. The number of fused-ring (bicyclic) bond motifs is 4. The zero-order chi connectivity index (χ0) is 41.6. The van der Waals surface area contributed by atoms with E-state index < -0.39 is 24.3 Å². The van der Waals surface area contributed by atoms with E-state index >= 15 is 0 Å². The number of alkyl carbamates (subject to hydrolysis) is 1. The monoisotopic (exact) mass is 820 g/mol. The van der Waals surface area contributed by atoms with Gasteiger partial charge in [-0.3, -0.25) is 14.5 Å². The maximum atomic E-state index is 13.9. The molecular weight excluding hydrogens is 772 g/mol. The van der Waals surface area contributed by atoms with Crippen LogP contribution < -0.4 is 5.32 Å². The standard InChI is InChI=1S/C44H49ClN8O6/c1-20(2)35(49-43(56)59-6)41(54)52-31-16-27(31)19-34(52)40-48-36(38(45)50-40)26-10-9-22-13-23(7-8-24(22)14-26)25-11-12-29-30(15-25)47-39(46-29)33-18-28-17-32(28)53(33)42(55)37(21(3)4)51(5)44(57)58/h7-15,20-21,27-28,31-35,37H,16-19H2,1-6H3,(H,46,47)(H,48,50)(H,49,56)(H,57,58)/t27-,28-,31-,32-,33+,34+,35+,37+/m1/s1. The first kappa shape index (κ1) is 38.9. The Morgan fingerprint density at radius 1 is 0.797 bits per heavy atom. The number of piperidine rings is 2. The predicted octanol–water partition coefficient (Wildman–Crippen LogP) is 7.77. The van der Waals surface area contributed by atoms with Crippen molar-refractivity contribution in [2.75, 3.05) is 14.2 Å². The zero-order valence-electron chi connectivity index (χ0n) is 33.9. The number of benzene rings is 3. The summed E-state index contributed by atoms with van der Waals surface area (Å²) >= 11 is 6.82. The van der Waals surface area contributed by atoms with Gasteiger partial charge >= 0.3 is 12.2 Å². The van der Waals surface area contributed by atoms with Gasteiger partial charge in [-0.2, -0.15) is 0 Å². The van der Waals surface area contributed by atoms with Gasteiger partial charge in [0.15, 0.2) is 0 Å². The van der Waals surface area contributed by atoms with Crippen molar-refractivity contribution in [3.63, 3.8) is 0 Å². The van der Waals surface area contributed by atoms with Crippen molar-refractivity contribution in [2.45, 2.75) is 89.6 Å². The van der Waals surface area contributed by atoms with E-state index in [0.717, 1.165) is 74.9 Å². The molecule has 2 aliphatic heterocycles. The van der Waals surface area contributed by atoms with Crippen molar-refractivity contribution in [3.05, 3.63) is 71.4 Å². The van der Waals surface area contributed by atoms with Crippen LogP contribution in [0.1, 0.15) is 77.1 Å². The quantitative estimate of drug-likeness (QED) is 0.110. The van der Waals surface area contributed by atoms with Crippen LogP contribution in [0.3, 0.4) is 0 Å². The molecule has 3 aromatic carbocycles. The van der Waals surface area contributed by atoms with Crippen LogP contribution in [0.15, 0.2) is 54.6 Å². The Bertz CT molecular complexity index is 2510. The van der Waals surface area contributed by atoms with Gasteiger partial charge in [-0.25, -0.2) is 19.6 Å². The third-order valence-corrected chi connectivity index (χ3v) is 13.2. The van der Waals surface area contributed by atoms with Crippen molar-refractivity contribution in [3.8, 4) is 22.4 Å². The molecule has 8 atom stereocenters. The number of carbonyl (C=O) groups is 4. The first-order chi connectivity index (χ1) is 28.2. The Balaban J connectivity index is 0.943. The van der Waals surface area contributed by atoms with Gasteiger partial charge in [-0.15, -0.1) is 0 Å². The number of aromatic amines is 2. The Hall–Kier alpha value is -5.63. The Morgan fingerprint density at radius 3 is 1.98 bits per heavy atom. The van der Waals surface area contributed by atoms with Crippen LogP contribution in [-0.4, -0.2) is 102 Å². The van der Waals surface area contributed by atoms with Gasteiger partial charge in [0.05, 0.1) is 30.2 Å². The molecule has 308 valence electrons. The van der Waals surface area contributed by atoms with Gasteiger partial charge in [-0.05, 0) is 95.5 Å². The van der Waals surface area contributed by atoms with E-state index in [1.165, 1.54) is 14.2 Å². The molecule has 0 bridgehead atoms. The number of likely N-dealkylation sites (tertiary alicyclic amines) is 2. The largest absolute Gasteiger partial charge is 0.465 e. The molecule has 14 nitrogen and oxygen atoms in total.